The molecule has 6 rings (SSSR count). The zero-order valence-corrected chi connectivity index (χ0v) is 21.5. The number of benzene rings is 2. The van der Waals surface area contributed by atoms with Gasteiger partial charge in [-0.1, -0.05) is 24.3 Å². The highest BCUT2D eigenvalue weighted by atomic mass is 16.5. The number of amides is 1. The highest BCUT2D eigenvalue weighted by molar-refractivity contribution is 5.98. The highest BCUT2D eigenvalue weighted by Gasteiger charge is 2.29. The Bertz CT molecular complexity index is 1560. The number of nitriles is 1. The predicted molar refractivity (Wildman–Crippen MR) is 148 cm³/mol. The molecule has 0 spiro atoms. The molecule has 0 radical (unpaired) electrons. The molecule has 39 heavy (non-hydrogen) atoms. The van der Waals surface area contributed by atoms with Gasteiger partial charge in [0.15, 0.2) is 5.65 Å². The first kappa shape index (κ1) is 24.6. The van der Waals surface area contributed by atoms with Crippen molar-refractivity contribution in [2.45, 2.75) is 50.6 Å². The average molecular weight is 520 g/mol. The molecule has 2 fully saturated rings. The fraction of sp³-hybridized carbons (Fsp3) is 0.300. The number of nitrogens with zero attached hydrogens (tertiary/aromatic N) is 5. The molecule has 2 aliphatic rings. The summed E-state index contributed by atoms with van der Waals surface area (Å²) in [6.07, 6.45) is 8.63. The van der Waals surface area contributed by atoms with Crippen molar-refractivity contribution in [3.63, 3.8) is 0 Å². The monoisotopic (exact) mass is 519 g/mol. The van der Waals surface area contributed by atoms with Crippen molar-refractivity contribution >= 4 is 22.8 Å². The molecule has 0 aliphatic heterocycles. The summed E-state index contributed by atoms with van der Waals surface area (Å²) in [7, 11) is 0. The first-order valence-electron chi connectivity index (χ1n) is 13.3. The molecule has 2 heterocycles. The van der Waals surface area contributed by atoms with E-state index in [2.05, 4.69) is 21.4 Å². The molecule has 9 nitrogen and oxygen atoms in total. The van der Waals surface area contributed by atoms with E-state index in [-0.39, 0.29) is 23.6 Å². The molecule has 2 aromatic carbocycles. The Morgan fingerprint density at radius 2 is 1.72 bits per heavy atom. The quantitative estimate of drug-likeness (QED) is 0.249. The van der Waals surface area contributed by atoms with Gasteiger partial charge in [-0.3, -0.25) is 4.79 Å². The smallest absolute Gasteiger partial charge is 0.261 e. The van der Waals surface area contributed by atoms with Gasteiger partial charge in [0.25, 0.3) is 5.91 Å². The Morgan fingerprint density at radius 1 is 1.00 bits per heavy atom. The number of allylic oxidation sites excluding steroid dienone is 1. The lowest BCUT2D eigenvalue weighted by Gasteiger charge is -2.29. The minimum absolute atomic E-state index is 0.0304. The number of para-hydroxylation sites is 1. The van der Waals surface area contributed by atoms with Crippen molar-refractivity contribution in [3.8, 4) is 28.8 Å². The maximum atomic E-state index is 12.6. The third kappa shape index (κ3) is 5.32. The predicted octanol–water partition coefficient (Wildman–Crippen LogP) is 5.33. The maximum Gasteiger partial charge on any atom is 0.261 e. The number of aromatic nitrogens is 4. The van der Waals surface area contributed by atoms with Crippen LogP contribution in [-0.2, 0) is 4.79 Å². The van der Waals surface area contributed by atoms with E-state index in [9.17, 15) is 10.1 Å². The topological polar surface area (TPSA) is 132 Å². The standard InChI is InChI=1S/C30H29N7O2/c31-17-21(16-19-6-7-19)30(38)35-22-10-12-23(13-11-22)37-29-26(28(32)33-18-34-29)27(36-37)20-8-14-25(15-9-20)39-24-4-2-1-3-5-24/h1-5,8-9,14-16,18-19,22-23H,6-7,10-13H2,(H,35,38)(H2,32,33,34)/b21-16+/t22-,23-. The van der Waals surface area contributed by atoms with Crippen molar-refractivity contribution in [2.75, 3.05) is 5.73 Å². The zero-order valence-electron chi connectivity index (χ0n) is 21.5. The fourth-order valence-electron chi connectivity index (χ4n) is 5.15. The van der Waals surface area contributed by atoms with Crippen LogP contribution in [0.4, 0.5) is 5.82 Å². The van der Waals surface area contributed by atoms with E-state index in [1.807, 2.05) is 65.4 Å². The van der Waals surface area contributed by atoms with Crippen LogP contribution in [0.5, 0.6) is 11.5 Å². The number of fused-ring (bicyclic) bond motifs is 1. The van der Waals surface area contributed by atoms with E-state index >= 15 is 0 Å². The Labute approximate surface area is 226 Å². The van der Waals surface area contributed by atoms with Crippen LogP contribution in [0.25, 0.3) is 22.3 Å². The summed E-state index contributed by atoms with van der Waals surface area (Å²) in [4.78, 5) is 21.4. The third-order valence-corrected chi connectivity index (χ3v) is 7.39. The van der Waals surface area contributed by atoms with Gasteiger partial charge in [-0.15, -0.1) is 0 Å². The van der Waals surface area contributed by atoms with Crippen LogP contribution in [0.15, 0.2) is 72.6 Å². The molecule has 2 aromatic heterocycles. The van der Waals surface area contributed by atoms with E-state index in [0.29, 0.717) is 17.4 Å². The summed E-state index contributed by atoms with van der Waals surface area (Å²) in [6.45, 7) is 0. The fourth-order valence-corrected chi connectivity index (χ4v) is 5.15. The lowest BCUT2D eigenvalue weighted by atomic mass is 9.91. The number of nitrogen functional groups attached to an aromatic ring is 1. The van der Waals surface area contributed by atoms with E-state index in [1.54, 1.807) is 0 Å². The van der Waals surface area contributed by atoms with Crippen molar-refractivity contribution in [2.24, 2.45) is 5.92 Å². The van der Waals surface area contributed by atoms with Gasteiger partial charge in [0.1, 0.15) is 41.0 Å². The van der Waals surface area contributed by atoms with Crippen LogP contribution >= 0.6 is 0 Å². The molecule has 9 heteroatoms. The summed E-state index contributed by atoms with van der Waals surface area (Å²) in [6, 6.07) is 19.6. The first-order valence-corrected chi connectivity index (χ1v) is 13.3. The lowest BCUT2D eigenvalue weighted by molar-refractivity contribution is -0.118. The van der Waals surface area contributed by atoms with Crippen molar-refractivity contribution in [1.82, 2.24) is 25.1 Å². The van der Waals surface area contributed by atoms with Crippen molar-refractivity contribution in [1.29, 1.82) is 5.26 Å². The van der Waals surface area contributed by atoms with Gasteiger partial charge < -0.3 is 15.8 Å². The summed E-state index contributed by atoms with van der Waals surface area (Å²) >= 11 is 0. The van der Waals surface area contributed by atoms with Gasteiger partial charge in [0.2, 0.25) is 0 Å². The molecular formula is C30H29N7O2. The molecule has 4 aromatic rings. The number of hydrogen-bond donors (Lipinski definition) is 2. The molecule has 1 amide bonds. The Kier molecular flexibility index (Phi) is 6.68. The Balaban J connectivity index is 1.19. The molecular weight excluding hydrogens is 490 g/mol. The van der Waals surface area contributed by atoms with Crippen LogP contribution in [0.3, 0.4) is 0 Å². The van der Waals surface area contributed by atoms with Crippen LogP contribution in [0.1, 0.15) is 44.6 Å². The highest BCUT2D eigenvalue weighted by Crippen LogP contribution is 2.37. The largest absolute Gasteiger partial charge is 0.457 e. The molecule has 196 valence electrons. The van der Waals surface area contributed by atoms with Gasteiger partial charge in [-0.25, -0.2) is 14.6 Å². The van der Waals surface area contributed by atoms with E-state index in [4.69, 9.17) is 15.6 Å². The van der Waals surface area contributed by atoms with Crippen LogP contribution in [-0.4, -0.2) is 31.7 Å². The normalized spacial score (nSPS) is 19.4. The number of anilines is 1. The van der Waals surface area contributed by atoms with E-state index in [0.717, 1.165) is 66.7 Å². The number of ether oxygens (including phenoxy) is 1. The summed E-state index contributed by atoms with van der Waals surface area (Å²) in [5.41, 5.74) is 8.88. The second-order valence-electron chi connectivity index (χ2n) is 10.2. The van der Waals surface area contributed by atoms with Crippen molar-refractivity contribution < 1.29 is 9.53 Å². The molecule has 0 atom stereocenters. The van der Waals surface area contributed by atoms with Gasteiger partial charge in [-0.2, -0.15) is 10.4 Å². The van der Waals surface area contributed by atoms with Gasteiger partial charge in [0.05, 0.1) is 11.4 Å². The zero-order chi connectivity index (χ0) is 26.8. The van der Waals surface area contributed by atoms with Crippen LogP contribution < -0.4 is 15.8 Å². The molecule has 2 aliphatic carbocycles. The van der Waals surface area contributed by atoms with E-state index in [1.165, 1.54) is 6.33 Å². The minimum atomic E-state index is -0.264. The van der Waals surface area contributed by atoms with Gasteiger partial charge in [-0.05, 0) is 80.8 Å². The third-order valence-electron chi connectivity index (χ3n) is 7.39. The Morgan fingerprint density at radius 3 is 2.41 bits per heavy atom. The van der Waals surface area contributed by atoms with Crippen LogP contribution in [0.2, 0.25) is 0 Å². The molecule has 0 bridgehead atoms. The minimum Gasteiger partial charge on any atom is -0.457 e. The second kappa shape index (κ2) is 10.6. The number of nitrogens with one attached hydrogen (secondary N) is 1. The van der Waals surface area contributed by atoms with Gasteiger partial charge >= 0.3 is 0 Å². The maximum absolute atomic E-state index is 12.6. The summed E-state index contributed by atoms with van der Waals surface area (Å²) < 4.78 is 7.90. The number of nitrogens with two attached hydrogens (primary N) is 1. The lowest BCUT2D eigenvalue weighted by Crippen LogP contribution is -2.38. The van der Waals surface area contributed by atoms with Gasteiger partial charge in [0, 0.05) is 11.6 Å². The number of rotatable bonds is 7. The Hall–Kier alpha value is -4.71. The SMILES string of the molecule is N#C/C(=C\C1CC1)C(=O)N[C@H]1CC[C@H](n2nc(-c3ccc(Oc4ccccc4)cc3)c3c(N)ncnc32)CC1. The second-order valence-corrected chi connectivity index (χ2v) is 10.2. The number of carbonyl (C=O) groups excluding carboxylic acids is 1. The first-order chi connectivity index (χ1) is 19.1. The van der Waals surface area contributed by atoms with Crippen LogP contribution in [0, 0.1) is 17.2 Å². The molecule has 0 saturated heterocycles. The summed E-state index contributed by atoms with van der Waals surface area (Å²) in [5.74, 6) is 2.00. The number of hydrogen-bond acceptors (Lipinski definition) is 7. The molecule has 2 saturated carbocycles. The summed E-state index contributed by atoms with van der Waals surface area (Å²) in [5, 5.41) is 18.1. The average Bonchev–Trinajstić information content (AvgIpc) is 3.70. The van der Waals surface area contributed by atoms with Crippen molar-refractivity contribution in [3.05, 3.63) is 72.6 Å². The van der Waals surface area contributed by atoms with E-state index < -0.39 is 0 Å². The number of carbonyl (C=O) groups is 1. The molecule has 0 unspecified atom stereocenters. The molecule has 3 N–H and O–H groups in total.